The van der Waals surface area contributed by atoms with Crippen molar-refractivity contribution in [3.8, 4) is 6.01 Å². The van der Waals surface area contributed by atoms with Crippen molar-refractivity contribution in [1.29, 1.82) is 0 Å². The molecule has 1 saturated carbocycles. The second-order valence-electron chi connectivity index (χ2n) is 6.32. The van der Waals surface area contributed by atoms with E-state index in [1.165, 1.54) is 0 Å². The van der Waals surface area contributed by atoms with Crippen LogP contribution in [0.3, 0.4) is 0 Å². The number of aryl methyl sites for hydroxylation is 2. The number of hydrogen-bond donors (Lipinski definition) is 1. The van der Waals surface area contributed by atoms with Gasteiger partial charge in [0.05, 0.1) is 24.5 Å². The minimum atomic E-state index is -0.489. The molecule has 2 aromatic rings. The van der Waals surface area contributed by atoms with Gasteiger partial charge in [-0.3, -0.25) is 4.79 Å². The summed E-state index contributed by atoms with van der Waals surface area (Å²) in [5, 5.41) is 6.92. The molecule has 0 aromatic carbocycles. The highest BCUT2D eigenvalue weighted by atomic mass is 19.1. The van der Waals surface area contributed by atoms with Gasteiger partial charge in [0.15, 0.2) is 5.82 Å². The van der Waals surface area contributed by atoms with E-state index in [-0.39, 0.29) is 30.5 Å². The van der Waals surface area contributed by atoms with Gasteiger partial charge in [-0.25, -0.2) is 14.4 Å². The Morgan fingerprint density at radius 3 is 2.56 bits per heavy atom. The van der Waals surface area contributed by atoms with Crippen LogP contribution in [0, 0.1) is 19.7 Å². The van der Waals surface area contributed by atoms with Gasteiger partial charge in [0.2, 0.25) is 5.91 Å². The number of carbonyl (C=O) groups is 1. The first-order valence-electron chi connectivity index (χ1n) is 8.36. The van der Waals surface area contributed by atoms with E-state index >= 15 is 0 Å². The van der Waals surface area contributed by atoms with Crippen LogP contribution in [0.5, 0.6) is 6.01 Å². The summed E-state index contributed by atoms with van der Waals surface area (Å²) in [5.41, 5.74) is 1.60. The number of aromatic nitrogens is 3. The van der Waals surface area contributed by atoms with Gasteiger partial charge in [0, 0.05) is 11.6 Å². The molecule has 0 unspecified atom stereocenters. The number of rotatable bonds is 5. The van der Waals surface area contributed by atoms with E-state index in [9.17, 15) is 9.18 Å². The lowest BCUT2D eigenvalue weighted by atomic mass is 9.92. The van der Waals surface area contributed by atoms with Crippen LogP contribution >= 0.6 is 0 Å². The smallest absolute Gasteiger partial charge is 0.316 e. The maximum Gasteiger partial charge on any atom is 0.316 e. The number of carbonyl (C=O) groups excluding carboxylic acids is 1. The zero-order valence-electron chi connectivity index (χ0n) is 14.3. The van der Waals surface area contributed by atoms with Crippen molar-refractivity contribution in [1.82, 2.24) is 20.4 Å². The first kappa shape index (κ1) is 17.3. The van der Waals surface area contributed by atoms with Gasteiger partial charge in [0.1, 0.15) is 11.9 Å². The topological polar surface area (TPSA) is 90.1 Å². The van der Waals surface area contributed by atoms with Crippen LogP contribution in [0.4, 0.5) is 4.39 Å². The van der Waals surface area contributed by atoms with Crippen LogP contribution < -0.4 is 10.1 Å². The lowest BCUT2D eigenvalue weighted by Gasteiger charge is -2.28. The Hall–Kier alpha value is -2.51. The molecule has 0 atom stereocenters. The fraction of sp³-hybridized carbons (Fsp3) is 0.529. The van der Waals surface area contributed by atoms with E-state index < -0.39 is 5.82 Å². The Morgan fingerprint density at radius 2 is 1.96 bits per heavy atom. The Morgan fingerprint density at radius 1 is 1.28 bits per heavy atom. The number of amides is 1. The highest BCUT2D eigenvalue weighted by Crippen LogP contribution is 2.22. The predicted octanol–water partition coefficient (Wildman–Crippen LogP) is 2.27. The molecule has 0 radical (unpaired) electrons. The standard InChI is InChI=1S/C17H21FN4O3/c1-10-15(11(2)25-22-10)7-16(23)21-13-3-5-14(6-4-13)24-17-19-8-12(18)9-20-17/h8-9,13-14H,3-7H2,1-2H3,(H,21,23). The maximum atomic E-state index is 12.8. The summed E-state index contributed by atoms with van der Waals surface area (Å²) in [7, 11) is 0. The van der Waals surface area contributed by atoms with Crippen LogP contribution in [-0.2, 0) is 11.2 Å². The Labute approximate surface area is 145 Å². The maximum absolute atomic E-state index is 12.8. The molecule has 0 aliphatic heterocycles. The van der Waals surface area contributed by atoms with E-state index in [4.69, 9.17) is 9.26 Å². The summed E-state index contributed by atoms with van der Waals surface area (Å²) >= 11 is 0. The minimum absolute atomic E-state index is 0.0128. The highest BCUT2D eigenvalue weighted by molar-refractivity contribution is 5.79. The second kappa shape index (κ2) is 7.58. The third-order valence-corrected chi connectivity index (χ3v) is 4.43. The molecule has 1 N–H and O–H groups in total. The van der Waals surface area contributed by atoms with Crippen LogP contribution in [0.15, 0.2) is 16.9 Å². The third-order valence-electron chi connectivity index (χ3n) is 4.43. The quantitative estimate of drug-likeness (QED) is 0.891. The molecule has 0 bridgehead atoms. The molecule has 7 nitrogen and oxygen atoms in total. The van der Waals surface area contributed by atoms with Gasteiger partial charge in [-0.15, -0.1) is 0 Å². The number of hydrogen-bond acceptors (Lipinski definition) is 6. The molecule has 0 spiro atoms. The third kappa shape index (κ3) is 4.52. The number of nitrogens with one attached hydrogen (secondary N) is 1. The van der Waals surface area contributed by atoms with Crippen LogP contribution in [0.2, 0.25) is 0 Å². The monoisotopic (exact) mass is 348 g/mol. The summed E-state index contributed by atoms with van der Waals surface area (Å²) in [6.07, 6.45) is 5.65. The molecule has 1 amide bonds. The van der Waals surface area contributed by atoms with Crippen molar-refractivity contribution < 1.29 is 18.4 Å². The summed E-state index contributed by atoms with van der Waals surface area (Å²) in [6, 6.07) is 0.314. The van der Waals surface area contributed by atoms with Gasteiger partial charge >= 0.3 is 6.01 Å². The van der Waals surface area contributed by atoms with Crippen molar-refractivity contribution >= 4 is 5.91 Å². The number of ether oxygens (including phenoxy) is 1. The molecule has 1 aliphatic carbocycles. The molecule has 134 valence electrons. The van der Waals surface area contributed by atoms with E-state index in [1.807, 2.05) is 13.8 Å². The molecule has 2 aromatic heterocycles. The summed E-state index contributed by atoms with van der Waals surface area (Å²) in [4.78, 5) is 19.8. The van der Waals surface area contributed by atoms with Gasteiger partial charge in [-0.2, -0.15) is 0 Å². The van der Waals surface area contributed by atoms with Gasteiger partial charge < -0.3 is 14.6 Å². The zero-order chi connectivity index (χ0) is 17.8. The fourth-order valence-corrected chi connectivity index (χ4v) is 3.03. The summed E-state index contributed by atoms with van der Waals surface area (Å²) in [5.74, 6) is 0.168. The molecule has 25 heavy (non-hydrogen) atoms. The molecule has 0 saturated heterocycles. The van der Waals surface area contributed by atoms with Crippen LogP contribution in [-0.4, -0.2) is 33.2 Å². The van der Waals surface area contributed by atoms with Crippen molar-refractivity contribution in [2.75, 3.05) is 0 Å². The Balaban J connectivity index is 1.44. The molecule has 3 rings (SSSR count). The molecule has 1 aliphatic rings. The molecule has 1 fully saturated rings. The van der Waals surface area contributed by atoms with Crippen molar-refractivity contribution in [3.63, 3.8) is 0 Å². The minimum Gasteiger partial charge on any atom is -0.460 e. The van der Waals surface area contributed by atoms with Crippen molar-refractivity contribution in [2.45, 2.75) is 58.1 Å². The lowest BCUT2D eigenvalue weighted by molar-refractivity contribution is -0.121. The number of halogens is 1. The number of nitrogens with zero attached hydrogens (tertiary/aromatic N) is 3. The Kier molecular flexibility index (Phi) is 5.25. The average molecular weight is 348 g/mol. The van der Waals surface area contributed by atoms with Crippen LogP contribution in [0.1, 0.15) is 42.7 Å². The highest BCUT2D eigenvalue weighted by Gasteiger charge is 2.25. The van der Waals surface area contributed by atoms with Crippen molar-refractivity contribution in [3.05, 3.63) is 35.2 Å². The summed E-state index contributed by atoms with van der Waals surface area (Å²) in [6.45, 7) is 3.64. The predicted molar refractivity (Wildman–Crippen MR) is 86.5 cm³/mol. The average Bonchev–Trinajstić information content (AvgIpc) is 2.90. The zero-order valence-corrected chi connectivity index (χ0v) is 14.3. The van der Waals surface area contributed by atoms with Gasteiger partial charge in [-0.05, 0) is 39.5 Å². The van der Waals surface area contributed by atoms with E-state index in [1.54, 1.807) is 0 Å². The fourth-order valence-electron chi connectivity index (χ4n) is 3.03. The molecule has 8 heteroatoms. The Bertz CT molecular complexity index is 704. The lowest BCUT2D eigenvalue weighted by Crippen LogP contribution is -2.40. The van der Waals surface area contributed by atoms with E-state index in [0.717, 1.165) is 49.3 Å². The SMILES string of the molecule is Cc1noc(C)c1CC(=O)NC1CCC(Oc2ncc(F)cn2)CC1. The second-order valence-corrected chi connectivity index (χ2v) is 6.32. The largest absolute Gasteiger partial charge is 0.460 e. The normalized spacial score (nSPS) is 20.3. The summed E-state index contributed by atoms with van der Waals surface area (Å²) < 4.78 is 23.5. The van der Waals surface area contributed by atoms with Crippen molar-refractivity contribution in [2.24, 2.45) is 0 Å². The van der Waals surface area contributed by atoms with E-state index in [2.05, 4.69) is 20.4 Å². The van der Waals surface area contributed by atoms with Crippen LogP contribution in [0.25, 0.3) is 0 Å². The van der Waals surface area contributed by atoms with Gasteiger partial charge in [-0.1, -0.05) is 5.16 Å². The van der Waals surface area contributed by atoms with Gasteiger partial charge in [0.25, 0.3) is 0 Å². The van der Waals surface area contributed by atoms with E-state index in [0.29, 0.717) is 5.76 Å². The molecular weight excluding hydrogens is 327 g/mol. The first-order valence-corrected chi connectivity index (χ1v) is 8.36. The first-order chi connectivity index (χ1) is 12.0. The molecule has 2 heterocycles. The molecular formula is C17H21FN4O3.